The fourth-order valence-corrected chi connectivity index (χ4v) is 8.73. The van der Waals surface area contributed by atoms with Gasteiger partial charge in [0.15, 0.2) is 23.3 Å². The van der Waals surface area contributed by atoms with Gasteiger partial charge in [-0.2, -0.15) is 39.2 Å². The molecule has 2 aromatic rings. The molecule has 0 unspecified atom stereocenters. The second kappa shape index (κ2) is 22.9. The average molecular weight is 908 g/mol. The predicted molar refractivity (Wildman–Crippen MR) is 222 cm³/mol. The van der Waals surface area contributed by atoms with Crippen molar-refractivity contribution in [1.29, 1.82) is 10.5 Å². The van der Waals surface area contributed by atoms with Crippen LogP contribution >= 0.6 is 23.2 Å². The van der Waals surface area contributed by atoms with Gasteiger partial charge >= 0.3 is 12.2 Å². The van der Waals surface area contributed by atoms with Crippen LogP contribution in [0.5, 0.6) is 0 Å². The normalized spacial score (nSPS) is 19.6. The van der Waals surface area contributed by atoms with Gasteiger partial charge in [0.05, 0.1) is 24.0 Å². The predicted octanol–water partition coefficient (Wildman–Crippen LogP) is 5.34. The smallest absolute Gasteiger partial charge is 0.404 e. The summed E-state index contributed by atoms with van der Waals surface area (Å²) in [5.41, 5.74) is 9.72. The van der Waals surface area contributed by atoms with Gasteiger partial charge in [0.1, 0.15) is 12.1 Å². The third-order valence-electron chi connectivity index (χ3n) is 11.5. The van der Waals surface area contributed by atoms with Gasteiger partial charge < -0.3 is 30.6 Å². The van der Waals surface area contributed by atoms with Gasteiger partial charge in [-0.25, -0.2) is 9.59 Å². The first-order valence-electron chi connectivity index (χ1n) is 20.6. The van der Waals surface area contributed by atoms with Gasteiger partial charge in [0.25, 0.3) is 0 Å². The summed E-state index contributed by atoms with van der Waals surface area (Å²) in [6.07, 6.45) is 9.64. The van der Waals surface area contributed by atoms with E-state index >= 15 is 8.78 Å². The van der Waals surface area contributed by atoms with E-state index in [4.69, 9.17) is 33.4 Å². The molecule has 4 fully saturated rings. The highest BCUT2D eigenvalue weighted by atomic mass is 35.5. The minimum atomic E-state index is -1.21. The molecule has 0 spiro atoms. The number of carboxylic acid groups (broad SMARTS) is 2. The third-order valence-corrected chi connectivity index (χ3v) is 11.8. The average Bonchev–Trinajstić information content (AvgIpc) is 4.10. The Kier molecular flexibility index (Phi) is 17.5. The third kappa shape index (κ3) is 13.1. The van der Waals surface area contributed by atoms with E-state index in [0.29, 0.717) is 50.6 Å². The van der Waals surface area contributed by atoms with Crippen LogP contribution in [0.1, 0.15) is 89.9 Å². The summed E-state index contributed by atoms with van der Waals surface area (Å²) < 4.78 is 30.0. The molecule has 4 aliphatic rings. The fraction of sp³-hybridized carbons (Fsp3) is 0.632. The van der Waals surface area contributed by atoms with E-state index in [2.05, 4.69) is 64.4 Å². The number of nitriles is 2. The van der Waals surface area contributed by atoms with E-state index in [1.807, 2.05) is 0 Å². The Morgan fingerprint density at radius 2 is 1.02 bits per heavy atom. The van der Waals surface area contributed by atoms with E-state index in [1.54, 1.807) is 0 Å². The molecule has 2 aliphatic heterocycles. The second-order valence-electron chi connectivity index (χ2n) is 15.7. The molecule has 2 aromatic heterocycles. The Balaban J connectivity index is 0.000000234. The molecule has 4 atom stereocenters. The number of anilines is 4. The van der Waals surface area contributed by atoms with Crippen molar-refractivity contribution in [2.24, 2.45) is 23.7 Å². The minimum absolute atomic E-state index is 0.0464. The van der Waals surface area contributed by atoms with Crippen molar-refractivity contribution in [3.63, 3.8) is 0 Å². The molecule has 8 N–H and O–H groups in total. The van der Waals surface area contributed by atoms with Crippen LogP contribution in [0, 0.1) is 58.0 Å². The van der Waals surface area contributed by atoms with Crippen molar-refractivity contribution in [2.75, 3.05) is 46.8 Å². The molecule has 0 aromatic carbocycles. The van der Waals surface area contributed by atoms with Crippen molar-refractivity contribution >= 4 is 70.5 Å². The Hall–Kier alpha value is -5.74. The topological polar surface area (TPSA) is 287 Å². The van der Waals surface area contributed by atoms with Crippen LogP contribution in [0.4, 0.5) is 41.6 Å². The van der Waals surface area contributed by atoms with Crippen LogP contribution in [0.25, 0.3) is 0 Å². The number of halogens is 4. The summed E-state index contributed by atoms with van der Waals surface area (Å²) in [6, 6.07) is 3.20. The molecule has 24 heteroatoms. The maximum atomic E-state index is 15.0. The molecule has 4 heterocycles. The Morgan fingerprint density at radius 1 is 0.645 bits per heavy atom. The monoisotopic (exact) mass is 906 g/mol. The first-order chi connectivity index (χ1) is 29.8. The summed E-state index contributed by atoms with van der Waals surface area (Å²) in [5, 5.41) is 40.3. The lowest BCUT2D eigenvalue weighted by Crippen LogP contribution is -2.42. The largest absolute Gasteiger partial charge is 0.465 e. The Morgan fingerprint density at radius 3 is 1.35 bits per heavy atom. The van der Waals surface area contributed by atoms with Crippen LogP contribution in [0.2, 0.25) is 10.6 Å². The highest BCUT2D eigenvalue weighted by molar-refractivity contribution is 6.28. The summed E-state index contributed by atoms with van der Waals surface area (Å²) in [6.45, 7) is 0.821. The van der Waals surface area contributed by atoms with E-state index in [0.717, 1.165) is 64.2 Å². The lowest BCUT2D eigenvalue weighted by molar-refractivity contribution is -0.125. The molecular weight excluding hydrogens is 857 g/mol. The standard InChI is InChI=1S/2C19H25ClFN7O3/c2*20-18-24-15(14(21)16(25-18)28-7-3-6-13(28)9-22)26-27-17(29)12(10-23-19(30)31)8-11-4-1-2-5-11/h2*11-13,23H,1-8,10H2,(H,27,29)(H,30,31)(H,24,25,26)/t2*12-,13+/m11/s1. The number of rotatable bonds is 16. The maximum Gasteiger partial charge on any atom is 0.404 e. The highest BCUT2D eigenvalue weighted by Gasteiger charge is 2.33. The Labute approximate surface area is 366 Å². The van der Waals surface area contributed by atoms with Crippen LogP contribution < -0.4 is 42.1 Å². The number of carbonyl (C=O) groups excluding carboxylic acids is 2. The molecule has 2 aliphatic carbocycles. The SMILES string of the molecule is N#C[C@@H]1CCCN1c1nc(Cl)nc(NNC(=O)[C@@H](CNC(=O)O)CC2CCCC2)c1F.N#C[C@@H]1CCCN1c1nc(Cl)nc(NNC(=O)[C@@H](CNC(=O)O)CC2CCCC2)c1F. The Bertz CT molecular complexity index is 1860. The molecule has 6 rings (SSSR count). The summed E-state index contributed by atoms with van der Waals surface area (Å²) in [4.78, 5) is 65.6. The first-order valence-corrected chi connectivity index (χ1v) is 21.4. The molecular formula is C38H50Cl2F2N14O6. The number of aromatic nitrogens is 4. The number of amides is 4. The van der Waals surface area contributed by atoms with Crippen LogP contribution in [-0.2, 0) is 9.59 Å². The zero-order valence-electron chi connectivity index (χ0n) is 33.8. The zero-order chi connectivity index (χ0) is 44.8. The van der Waals surface area contributed by atoms with E-state index in [-0.39, 0.29) is 46.9 Å². The highest BCUT2D eigenvalue weighted by Crippen LogP contribution is 2.33. The molecule has 4 amide bonds. The van der Waals surface area contributed by atoms with Crippen molar-refractivity contribution in [3.8, 4) is 12.1 Å². The van der Waals surface area contributed by atoms with Crippen molar-refractivity contribution < 1.29 is 38.2 Å². The molecule has 0 radical (unpaired) electrons. The minimum Gasteiger partial charge on any atom is -0.465 e. The van der Waals surface area contributed by atoms with Gasteiger partial charge in [0, 0.05) is 26.2 Å². The molecule has 2 saturated heterocycles. The number of nitrogens with one attached hydrogen (secondary N) is 6. The molecule has 0 bridgehead atoms. The van der Waals surface area contributed by atoms with Crippen LogP contribution in [0.3, 0.4) is 0 Å². The first kappa shape index (κ1) is 47.3. The van der Waals surface area contributed by atoms with Gasteiger partial charge in [0.2, 0.25) is 34.0 Å². The maximum absolute atomic E-state index is 15.0. The lowest BCUT2D eigenvalue weighted by atomic mass is 9.92. The van der Waals surface area contributed by atoms with Gasteiger partial charge in [-0.3, -0.25) is 31.3 Å². The van der Waals surface area contributed by atoms with Crippen LogP contribution in [-0.4, -0.2) is 92.4 Å². The molecule has 336 valence electrons. The summed E-state index contributed by atoms with van der Waals surface area (Å²) >= 11 is 11.9. The molecule has 62 heavy (non-hydrogen) atoms. The van der Waals surface area contributed by atoms with E-state index < -0.39 is 59.6 Å². The quantitative estimate of drug-likeness (QED) is 0.0779. The van der Waals surface area contributed by atoms with Crippen LogP contribution in [0.15, 0.2) is 0 Å². The second-order valence-corrected chi connectivity index (χ2v) is 16.4. The van der Waals surface area contributed by atoms with Crippen molar-refractivity contribution in [3.05, 3.63) is 22.2 Å². The summed E-state index contributed by atoms with van der Waals surface area (Å²) in [5.74, 6) is -4.00. The number of hydrogen-bond donors (Lipinski definition) is 8. The zero-order valence-corrected chi connectivity index (χ0v) is 35.3. The summed E-state index contributed by atoms with van der Waals surface area (Å²) in [7, 11) is 0. The molecule has 20 nitrogen and oxygen atoms in total. The van der Waals surface area contributed by atoms with Gasteiger partial charge in [-0.15, -0.1) is 0 Å². The molecule has 2 saturated carbocycles. The lowest BCUT2D eigenvalue weighted by Gasteiger charge is -2.23. The van der Waals surface area contributed by atoms with E-state index in [9.17, 15) is 29.7 Å². The fourth-order valence-electron chi connectivity index (χ4n) is 8.40. The number of hydrogen-bond acceptors (Lipinski definition) is 14. The number of nitrogens with zero attached hydrogens (tertiary/aromatic N) is 8. The van der Waals surface area contributed by atoms with Crippen molar-refractivity contribution in [2.45, 2.75) is 102 Å². The van der Waals surface area contributed by atoms with Gasteiger partial charge in [-0.05, 0) is 73.6 Å². The number of carbonyl (C=O) groups is 4. The van der Waals surface area contributed by atoms with E-state index in [1.165, 1.54) is 9.80 Å². The van der Waals surface area contributed by atoms with Crippen molar-refractivity contribution in [1.82, 2.24) is 41.4 Å². The number of hydrazine groups is 2. The van der Waals surface area contributed by atoms with Gasteiger partial charge in [-0.1, -0.05) is 51.4 Å².